The monoisotopic (exact) mass is 259 g/mol. The Hall–Kier alpha value is -0.160. The Morgan fingerprint density at radius 2 is 2.25 bits per heavy atom. The van der Waals surface area contributed by atoms with Gasteiger partial charge in [0.2, 0.25) is 0 Å². The number of rotatable bonds is 6. The summed E-state index contributed by atoms with van der Waals surface area (Å²) in [5.41, 5.74) is 0. The number of thiazole rings is 1. The molecule has 0 spiro atoms. The summed E-state index contributed by atoms with van der Waals surface area (Å²) in [7, 11) is 0. The van der Waals surface area contributed by atoms with Crippen molar-refractivity contribution in [2.24, 2.45) is 0 Å². The molecule has 1 aliphatic heterocycles. The van der Waals surface area contributed by atoms with Crippen molar-refractivity contribution in [3.8, 4) is 0 Å². The van der Waals surface area contributed by atoms with Crippen molar-refractivity contribution in [1.82, 2.24) is 15.2 Å². The zero-order valence-corrected chi connectivity index (χ0v) is 11.0. The molecule has 0 atom stereocenters. The van der Waals surface area contributed by atoms with Gasteiger partial charge in [-0.3, -0.25) is 0 Å². The third kappa shape index (κ3) is 4.01. The number of nitrogens with zero attached hydrogens (tertiary/aromatic N) is 2. The first-order valence-electron chi connectivity index (χ1n) is 5.88. The maximum absolute atomic E-state index is 5.81. The lowest BCUT2D eigenvalue weighted by atomic mass is 10.4. The van der Waals surface area contributed by atoms with Crippen molar-refractivity contribution in [3.05, 3.63) is 15.5 Å². The van der Waals surface area contributed by atoms with Gasteiger partial charge in [-0.05, 0) is 45.4 Å². The molecule has 1 saturated heterocycles. The summed E-state index contributed by atoms with van der Waals surface area (Å²) in [5.74, 6) is 0. The summed E-state index contributed by atoms with van der Waals surface area (Å²) in [6.45, 7) is 5.72. The predicted octanol–water partition coefficient (Wildman–Crippen LogP) is 2.37. The van der Waals surface area contributed by atoms with Crippen LogP contribution >= 0.6 is 22.9 Å². The Morgan fingerprint density at radius 3 is 2.94 bits per heavy atom. The van der Waals surface area contributed by atoms with E-state index >= 15 is 0 Å². The van der Waals surface area contributed by atoms with Crippen LogP contribution < -0.4 is 5.32 Å². The van der Waals surface area contributed by atoms with E-state index in [1.807, 2.05) is 0 Å². The second kappa shape index (κ2) is 6.55. The quantitative estimate of drug-likeness (QED) is 0.795. The zero-order chi connectivity index (χ0) is 11.2. The van der Waals surface area contributed by atoms with Crippen molar-refractivity contribution in [3.63, 3.8) is 0 Å². The average molecular weight is 260 g/mol. The molecule has 2 heterocycles. The van der Waals surface area contributed by atoms with Crippen LogP contribution in [0, 0.1) is 0 Å². The highest BCUT2D eigenvalue weighted by molar-refractivity contribution is 7.15. The highest BCUT2D eigenvalue weighted by Crippen LogP contribution is 2.17. The Balaban J connectivity index is 1.51. The molecule has 0 amide bonds. The number of hydrogen-bond acceptors (Lipinski definition) is 4. The van der Waals surface area contributed by atoms with Crippen LogP contribution in [-0.4, -0.2) is 36.1 Å². The average Bonchev–Trinajstić information content (AvgIpc) is 2.89. The van der Waals surface area contributed by atoms with E-state index in [2.05, 4.69) is 15.2 Å². The SMILES string of the molecule is Clc1cnc(CNCCCN2CCCC2)s1. The lowest BCUT2D eigenvalue weighted by molar-refractivity contribution is 0.331. The van der Waals surface area contributed by atoms with Gasteiger partial charge in [-0.25, -0.2) is 4.98 Å². The number of aromatic nitrogens is 1. The van der Waals surface area contributed by atoms with Gasteiger partial charge in [-0.1, -0.05) is 11.6 Å². The van der Waals surface area contributed by atoms with Crippen LogP contribution in [0.15, 0.2) is 6.20 Å². The van der Waals surface area contributed by atoms with Gasteiger partial charge in [0.05, 0.1) is 6.20 Å². The molecule has 0 unspecified atom stereocenters. The van der Waals surface area contributed by atoms with E-state index in [1.165, 1.54) is 38.9 Å². The molecule has 1 aromatic rings. The second-order valence-electron chi connectivity index (χ2n) is 4.14. The van der Waals surface area contributed by atoms with Crippen LogP contribution in [-0.2, 0) is 6.54 Å². The number of hydrogen-bond donors (Lipinski definition) is 1. The molecule has 1 fully saturated rings. The van der Waals surface area contributed by atoms with Crippen LogP contribution in [0.25, 0.3) is 0 Å². The maximum Gasteiger partial charge on any atom is 0.113 e. The van der Waals surface area contributed by atoms with Gasteiger partial charge in [-0.15, -0.1) is 11.3 Å². The predicted molar refractivity (Wildman–Crippen MR) is 69.1 cm³/mol. The summed E-state index contributed by atoms with van der Waals surface area (Å²) in [6.07, 6.45) is 5.70. The fraction of sp³-hybridized carbons (Fsp3) is 0.727. The molecule has 0 bridgehead atoms. The summed E-state index contributed by atoms with van der Waals surface area (Å²) >= 11 is 7.36. The standard InChI is InChI=1S/C11H18ClN3S/c12-10-8-14-11(16-10)9-13-4-3-7-15-5-1-2-6-15/h8,13H,1-7,9H2. The molecule has 0 aromatic carbocycles. The fourth-order valence-corrected chi connectivity index (χ4v) is 2.93. The van der Waals surface area contributed by atoms with Gasteiger partial charge in [0, 0.05) is 6.54 Å². The molecule has 1 aromatic heterocycles. The van der Waals surface area contributed by atoms with Crippen molar-refractivity contribution in [1.29, 1.82) is 0 Å². The number of halogens is 1. The van der Waals surface area contributed by atoms with Gasteiger partial charge in [-0.2, -0.15) is 0 Å². The van der Waals surface area contributed by atoms with Gasteiger partial charge >= 0.3 is 0 Å². The van der Waals surface area contributed by atoms with Crippen molar-refractivity contribution < 1.29 is 0 Å². The van der Waals surface area contributed by atoms with Gasteiger partial charge in [0.1, 0.15) is 9.34 Å². The first kappa shape index (κ1) is 12.3. The van der Waals surface area contributed by atoms with Crippen molar-refractivity contribution >= 4 is 22.9 Å². The van der Waals surface area contributed by atoms with Crippen LogP contribution in [0.2, 0.25) is 4.34 Å². The molecule has 1 N–H and O–H groups in total. The van der Waals surface area contributed by atoms with Crippen LogP contribution in [0.1, 0.15) is 24.3 Å². The maximum atomic E-state index is 5.81. The Kier molecular flexibility index (Phi) is 5.03. The van der Waals surface area contributed by atoms with Crippen molar-refractivity contribution in [2.75, 3.05) is 26.2 Å². The third-order valence-corrected chi connectivity index (χ3v) is 3.94. The van der Waals surface area contributed by atoms with E-state index in [1.54, 1.807) is 17.5 Å². The molecular weight excluding hydrogens is 242 g/mol. The first-order valence-corrected chi connectivity index (χ1v) is 7.07. The van der Waals surface area contributed by atoms with Gasteiger partial charge < -0.3 is 10.2 Å². The molecule has 0 saturated carbocycles. The fourth-order valence-electron chi connectivity index (χ4n) is 2.00. The molecule has 90 valence electrons. The minimum atomic E-state index is 0.772. The van der Waals surface area contributed by atoms with Crippen LogP contribution in [0.5, 0.6) is 0 Å². The lowest BCUT2D eigenvalue weighted by Gasteiger charge is -2.13. The van der Waals surface area contributed by atoms with Gasteiger partial charge in [0.25, 0.3) is 0 Å². The third-order valence-electron chi connectivity index (χ3n) is 2.83. The van der Waals surface area contributed by atoms with E-state index in [0.29, 0.717) is 0 Å². The van der Waals surface area contributed by atoms with E-state index in [4.69, 9.17) is 11.6 Å². The largest absolute Gasteiger partial charge is 0.310 e. The normalized spacial score (nSPS) is 17.1. The van der Waals surface area contributed by atoms with Crippen LogP contribution in [0.4, 0.5) is 0 Å². The number of likely N-dealkylation sites (tertiary alicyclic amines) is 1. The zero-order valence-electron chi connectivity index (χ0n) is 9.41. The molecule has 0 aliphatic carbocycles. The first-order chi connectivity index (χ1) is 7.84. The topological polar surface area (TPSA) is 28.2 Å². The summed E-state index contributed by atoms with van der Waals surface area (Å²) in [4.78, 5) is 6.75. The lowest BCUT2D eigenvalue weighted by Crippen LogP contribution is -2.24. The second-order valence-corrected chi connectivity index (χ2v) is 5.88. The van der Waals surface area contributed by atoms with Gasteiger partial charge in [0.15, 0.2) is 0 Å². The Labute approximate surface area is 106 Å². The summed E-state index contributed by atoms with van der Waals surface area (Å²) in [6, 6.07) is 0. The Morgan fingerprint density at radius 1 is 1.44 bits per heavy atom. The summed E-state index contributed by atoms with van der Waals surface area (Å²) < 4.78 is 0.772. The minimum Gasteiger partial charge on any atom is -0.310 e. The number of nitrogens with one attached hydrogen (secondary N) is 1. The molecule has 2 rings (SSSR count). The molecule has 0 radical (unpaired) electrons. The molecule has 5 heteroatoms. The highest BCUT2D eigenvalue weighted by Gasteiger charge is 2.09. The molecule has 1 aliphatic rings. The van der Waals surface area contributed by atoms with Crippen molar-refractivity contribution in [2.45, 2.75) is 25.8 Å². The van der Waals surface area contributed by atoms with E-state index < -0.39 is 0 Å². The highest BCUT2D eigenvalue weighted by atomic mass is 35.5. The van der Waals surface area contributed by atoms with E-state index in [0.717, 1.165) is 22.4 Å². The smallest absolute Gasteiger partial charge is 0.113 e. The van der Waals surface area contributed by atoms with E-state index in [-0.39, 0.29) is 0 Å². The Bertz CT molecular complexity index is 310. The van der Waals surface area contributed by atoms with Crippen LogP contribution in [0.3, 0.4) is 0 Å². The molecule has 16 heavy (non-hydrogen) atoms. The van der Waals surface area contributed by atoms with E-state index in [9.17, 15) is 0 Å². The summed E-state index contributed by atoms with van der Waals surface area (Å²) in [5, 5.41) is 4.48. The molecular formula is C11H18ClN3S. The molecule has 3 nitrogen and oxygen atoms in total. The minimum absolute atomic E-state index is 0.772.